The van der Waals surface area contributed by atoms with Crippen LogP contribution in [0.4, 0.5) is 17.1 Å². The summed E-state index contributed by atoms with van der Waals surface area (Å²) in [5, 5.41) is 6.73. The van der Waals surface area contributed by atoms with E-state index in [1.807, 2.05) is 12.4 Å². The van der Waals surface area contributed by atoms with Gasteiger partial charge in [0.25, 0.3) is 0 Å². The summed E-state index contributed by atoms with van der Waals surface area (Å²) in [4.78, 5) is 7.10. The summed E-state index contributed by atoms with van der Waals surface area (Å²) in [5.41, 5.74) is 5.91. The molecule has 0 spiro atoms. The van der Waals surface area contributed by atoms with Gasteiger partial charge < -0.3 is 15.5 Å². The van der Waals surface area contributed by atoms with Gasteiger partial charge >= 0.3 is 0 Å². The summed E-state index contributed by atoms with van der Waals surface area (Å²) >= 11 is 0. The smallest absolute Gasteiger partial charge is 0.115 e. The number of benzene rings is 2. The van der Waals surface area contributed by atoms with Crippen LogP contribution in [0.25, 0.3) is 5.57 Å². The highest BCUT2D eigenvalue weighted by Gasteiger charge is 2.10. The molecule has 4 heteroatoms. The number of allylic oxidation sites excluding steroid dienone is 3. The van der Waals surface area contributed by atoms with Crippen LogP contribution in [0.15, 0.2) is 71.9 Å². The van der Waals surface area contributed by atoms with Crippen molar-refractivity contribution in [1.82, 2.24) is 0 Å². The van der Waals surface area contributed by atoms with Crippen molar-refractivity contribution in [1.29, 1.82) is 0 Å². The van der Waals surface area contributed by atoms with E-state index in [0.29, 0.717) is 0 Å². The van der Waals surface area contributed by atoms with Crippen molar-refractivity contribution in [3.63, 3.8) is 0 Å². The molecule has 1 aliphatic heterocycles. The molecule has 1 atom stereocenters. The van der Waals surface area contributed by atoms with Gasteiger partial charge in [-0.05, 0) is 99.3 Å². The topological polar surface area (TPSA) is 39.7 Å². The van der Waals surface area contributed by atoms with Crippen molar-refractivity contribution in [3.8, 4) is 0 Å². The van der Waals surface area contributed by atoms with E-state index in [1.165, 1.54) is 49.2 Å². The number of rotatable bonds is 9. The minimum absolute atomic E-state index is 0.0156. The molecule has 0 saturated carbocycles. The average Bonchev–Trinajstić information content (AvgIpc) is 2.81. The van der Waals surface area contributed by atoms with Crippen LogP contribution in [-0.4, -0.2) is 25.5 Å². The third-order valence-corrected chi connectivity index (χ3v) is 5.54. The molecule has 2 N–H and O–H groups in total. The maximum absolute atomic E-state index is 4.62. The summed E-state index contributed by atoms with van der Waals surface area (Å²) < 4.78 is 0. The first-order valence-corrected chi connectivity index (χ1v) is 11.5. The molecular weight excluding hydrogens is 380 g/mol. The minimum Gasteiger partial charge on any atom is -0.372 e. The normalized spacial score (nSPS) is 16.1. The van der Waals surface area contributed by atoms with Gasteiger partial charge in [-0.25, -0.2) is 0 Å². The summed E-state index contributed by atoms with van der Waals surface area (Å²) in [6.45, 7) is 8.66. The molecule has 164 valence electrons. The monoisotopic (exact) mass is 416 g/mol. The fourth-order valence-electron chi connectivity index (χ4n) is 3.68. The van der Waals surface area contributed by atoms with Gasteiger partial charge in [-0.1, -0.05) is 25.1 Å². The maximum Gasteiger partial charge on any atom is 0.115 e. The van der Waals surface area contributed by atoms with E-state index in [-0.39, 0.29) is 6.17 Å². The molecule has 0 radical (unpaired) electrons. The van der Waals surface area contributed by atoms with Crippen LogP contribution < -0.4 is 15.5 Å². The van der Waals surface area contributed by atoms with Crippen molar-refractivity contribution in [2.24, 2.45) is 4.99 Å². The van der Waals surface area contributed by atoms with Crippen LogP contribution in [-0.2, 0) is 0 Å². The van der Waals surface area contributed by atoms with E-state index in [9.17, 15) is 0 Å². The first-order chi connectivity index (χ1) is 15.2. The molecule has 1 unspecified atom stereocenters. The van der Waals surface area contributed by atoms with E-state index in [0.717, 1.165) is 17.8 Å². The van der Waals surface area contributed by atoms with Gasteiger partial charge in [0.15, 0.2) is 0 Å². The van der Waals surface area contributed by atoms with Crippen molar-refractivity contribution in [2.45, 2.75) is 52.6 Å². The van der Waals surface area contributed by atoms with Gasteiger partial charge in [-0.15, -0.1) is 0 Å². The minimum atomic E-state index is 0.0156. The molecule has 0 amide bonds. The quantitative estimate of drug-likeness (QED) is 0.435. The van der Waals surface area contributed by atoms with E-state index in [2.05, 4.69) is 102 Å². The molecule has 0 aromatic heterocycles. The number of hydrogen-bond donors (Lipinski definition) is 2. The number of anilines is 3. The summed E-state index contributed by atoms with van der Waals surface area (Å²) in [6.07, 6.45) is 13.1. The Morgan fingerprint density at radius 2 is 1.68 bits per heavy atom. The van der Waals surface area contributed by atoms with E-state index >= 15 is 0 Å². The van der Waals surface area contributed by atoms with Crippen molar-refractivity contribution in [2.75, 3.05) is 28.6 Å². The zero-order chi connectivity index (χ0) is 21.9. The Hall–Kier alpha value is -3.01. The number of piperidine rings is 1. The third kappa shape index (κ3) is 7.32. The summed E-state index contributed by atoms with van der Waals surface area (Å²) in [7, 11) is 0. The average molecular weight is 417 g/mol. The predicted octanol–water partition coefficient (Wildman–Crippen LogP) is 6.94. The lowest BCUT2D eigenvalue weighted by Gasteiger charge is -2.29. The Kier molecular flexibility index (Phi) is 8.77. The van der Waals surface area contributed by atoms with Crippen molar-refractivity contribution in [3.05, 3.63) is 72.4 Å². The molecule has 1 fully saturated rings. The SMILES string of the molecule is CCC=CNc1ccc(/C(C)=C/C=N\C(C)Nc2ccc(N3CCCCC3)cc2)cc1. The molecule has 0 bridgehead atoms. The largest absolute Gasteiger partial charge is 0.372 e. The second kappa shape index (κ2) is 12.0. The van der Waals surface area contributed by atoms with Gasteiger partial charge in [-0.3, -0.25) is 4.99 Å². The van der Waals surface area contributed by atoms with Crippen molar-refractivity contribution >= 4 is 28.8 Å². The van der Waals surface area contributed by atoms with Gasteiger partial charge in [0, 0.05) is 36.4 Å². The Morgan fingerprint density at radius 1 is 1.00 bits per heavy atom. The number of hydrogen-bond acceptors (Lipinski definition) is 4. The molecule has 2 aromatic carbocycles. The molecule has 1 saturated heterocycles. The number of aliphatic imine (C=N–C) groups is 1. The Morgan fingerprint density at radius 3 is 2.35 bits per heavy atom. The van der Waals surface area contributed by atoms with Gasteiger partial charge in [-0.2, -0.15) is 0 Å². The first kappa shape index (κ1) is 22.7. The van der Waals surface area contributed by atoms with Gasteiger partial charge in [0.2, 0.25) is 0 Å². The Balaban J connectivity index is 1.50. The van der Waals surface area contributed by atoms with Crippen molar-refractivity contribution < 1.29 is 0 Å². The number of nitrogens with one attached hydrogen (secondary N) is 2. The van der Waals surface area contributed by atoms with Gasteiger partial charge in [0.05, 0.1) is 0 Å². The van der Waals surface area contributed by atoms with E-state index in [1.54, 1.807) is 0 Å². The zero-order valence-corrected chi connectivity index (χ0v) is 19.1. The predicted molar refractivity (Wildman–Crippen MR) is 137 cm³/mol. The molecule has 1 aliphatic rings. The van der Waals surface area contributed by atoms with Crippen LogP contribution in [0.5, 0.6) is 0 Å². The van der Waals surface area contributed by atoms with Crippen LogP contribution >= 0.6 is 0 Å². The lowest BCUT2D eigenvalue weighted by Crippen LogP contribution is -2.29. The highest BCUT2D eigenvalue weighted by molar-refractivity contribution is 5.84. The lowest BCUT2D eigenvalue weighted by molar-refractivity contribution is 0.578. The highest BCUT2D eigenvalue weighted by atomic mass is 15.1. The fourth-order valence-corrected chi connectivity index (χ4v) is 3.68. The molecule has 1 heterocycles. The first-order valence-electron chi connectivity index (χ1n) is 11.5. The van der Waals surface area contributed by atoms with E-state index in [4.69, 9.17) is 0 Å². The standard InChI is InChI=1S/C27H36N4/c1-4-5-18-29-25-11-9-24(10-12-25)22(2)17-19-28-23(3)30-26-13-15-27(16-14-26)31-20-7-6-8-21-31/h5,9-19,23,29-30H,4,6-8,20-21H2,1-3H3/b18-5?,22-17+,28-19-. The molecular formula is C27H36N4. The zero-order valence-electron chi connectivity index (χ0n) is 19.1. The van der Waals surface area contributed by atoms with Gasteiger partial charge in [0.1, 0.15) is 6.17 Å². The van der Waals surface area contributed by atoms with E-state index < -0.39 is 0 Å². The van der Waals surface area contributed by atoms with Crippen LogP contribution in [0.2, 0.25) is 0 Å². The molecule has 4 nitrogen and oxygen atoms in total. The second-order valence-electron chi connectivity index (χ2n) is 8.10. The van der Waals surface area contributed by atoms with Crippen LogP contribution in [0, 0.1) is 0 Å². The lowest BCUT2D eigenvalue weighted by atomic mass is 10.1. The number of nitrogens with zero attached hydrogens (tertiary/aromatic N) is 2. The summed E-state index contributed by atoms with van der Waals surface area (Å²) in [5.74, 6) is 0. The molecule has 31 heavy (non-hydrogen) atoms. The maximum atomic E-state index is 4.62. The molecule has 0 aliphatic carbocycles. The highest BCUT2D eigenvalue weighted by Crippen LogP contribution is 2.22. The Bertz CT molecular complexity index is 872. The second-order valence-corrected chi connectivity index (χ2v) is 8.10. The Labute approximate surface area is 187 Å². The third-order valence-electron chi connectivity index (χ3n) is 5.54. The van der Waals surface area contributed by atoms with Crippen LogP contribution in [0.1, 0.15) is 52.0 Å². The summed E-state index contributed by atoms with van der Waals surface area (Å²) in [6, 6.07) is 17.2. The molecule has 2 aromatic rings. The molecule has 3 rings (SSSR count). The fraction of sp³-hybridized carbons (Fsp3) is 0.370. The van der Waals surface area contributed by atoms with Crippen LogP contribution in [0.3, 0.4) is 0 Å².